The molecule has 1 aliphatic rings. The average molecular weight is 328 g/mol. The number of aromatic nitrogens is 1. The maximum Gasteiger partial charge on any atom is 0.257 e. The Kier molecular flexibility index (Phi) is 4.10. The normalized spacial score (nSPS) is 22.6. The van der Waals surface area contributed by atoms with Crippen LogP contribution in [0, 0.1) is 0 Å². The predicted molar refractivity (Wildman–Crippen MR) is 77.2 cm³/mol. The fraction of sp³-hybridized carbons (Fsp3) is 0.538. The first-order chi connectivity index (χ1) is 8.93. The predicted octanol–water partition coefficient (Wildman–Crippen LogP) is 1.87. The summed E-state index contributed by atoms with van der Waals surface area (Å²) in [6, 6.07) is 1.76. The number of hydrogen-bond acceptors (Lipinski definition) is 4. The minimum Gasteiger partial charge on any atom is -0.388 e. The summed E-state index contributed by atoms with van der Waals surface area (Å²) in [6.07, 6.45) is 2.27. The molecule has 1 unspecified atom stereocenters. The summed E-state index contributed by atoms with van der Waals surface area (Å²) in [6.45, 7) is 5.35. The average Bonchev–Trinajstić information content (AvgIpc) is 2.71. The molecule has 2 rings (SSSR count). The monoisotopic (exact) mass is 327 g/mol. The molecule has 5 nitrogen and oxygen atoms in total. The number of pyridine rings is 1. The van der Waals surface area contributed by atoms with E-state index in [0.717, 1.165) is 4.47 Å². The summed E-state index contributed by atoms with van der Waals surface area (Å²) in [5, 5.41) is 13.0. The van der Waals surface area contributed by atoms with Crippen molar-refractivity contribution in [2.45, 2.75) is 25.9 Å². The number of anilines is 1. The topological polar surface area (TPSA) is 65.5 Å². The molecule has 2 heterocycles. The number of nitrogens with one attached hydrogen (secondary N) is 1. The molecule has 1 aliphatic heterocycles. The zero-order valence-electron chi connectivity index (χ0n) is 11.1. The highest BCUT2D eigenvalue weighted by Gasteiger charge is 2.35. The van der Waals surface area contributed by atoms with Crippen LogP contribution in [0.2, 0.25) is 0 Å². The van der Waals surface area contributed by atoms with Crippen LogP contribution in [0.3, 0.4) is 0 Å². The first-order valence-electron chi connectivity index (χ1n) is 6.34. The molecule has 1 aromatic heterocycles. The van der Waals surface area contributed by atoms with Gasteiger partial charge in [0.1, 0.15) is 5.82 Å². The molecule has 0 saturated carbocycles. The van der Waals surface area contributed by atoms with E-state index in [-0.39, 0.29) is 5.91 Å². The van der Waals surface area contributed by atoms with Crippen molar-refractivity contribution in [3.8, 4) is 0 Å². The molecule has 6 heteroatoms. The Hall–Kier alpha value is -1.14. The molecular weight excluding hydrogens is 310 g/mol. The molecule has 2 N–H and O–H groups in total. The first kappa shape index (κ1) is 14.3. The lowest BCUT2D eigenvalue weighted by molar-refractivity contribution is 0.0572. The van der Waals surface area contributed by atoms with Crippen LogP contribution in [0.25, 0.3) is 0 Å². The fourth-order valence-corrected chi connectivity index (χ4v) is 2.53. The lowest BCUT2D eigenvalue weighted by Crippen LogP contribution is -2.34. The Morgan fingerprint density at radius 1 is 1.68 bits per heavy atom. The molecule has 0 aromatic carbocycles. The highest BCUT2D eigenvalue weighted by atomic mass is 79.9. The van der Waals surface area contributed by atoms with Crippen molar-refractivity contribution in [1.29, 1.82) is 0 Å². The van der Waals surface area contributed by atoms with E-state index in [4.69, 9.17) is 0 Å². The largest absolute Gasteiger partial charge is 0.388 e. The van der Waals surface area contributed by atoms with Crippen LogP contribution in [0.15, 0.2) is 16.7 Å². The molecule has 19 heavy (non-hydrogen) atoms. The quantitative estimate of drug-likeness (QED) is 0.889. The van der Waals surface area contributed by atoms with Crippen LogP contribution in [-0.4, -0.2) is 46.1 Å². The smallest absolute Gasteiger partial charge is 0.257 e. The molecule has 0 aliphatic carbocycles. The standard InChI is InChI=1S/C13H18BrN3O2/c1-3-15-11-10(6-9(14)7-16-11)12(18)17-5-4-13(2,19)8-17/h6-7,19H,3-5,8H2,1-2H3,(H,15,16). The Morgan fingerprint density at radius 3 is 3.00 bits per heavy atom. The number of β-amino-alcohol motifs (C(OH)–C–C–N with tert-alkyl or cyclic N) is 1. The molecule has 1 amide bonds. The van der Waals surface area contributed by atoms with Crippen molar-refractivity contribution >= 4 is 27.7 Å². The van der Waals surface area contributed by atoms with Gasteiger partial charge in [-0.1, -0.05) is 0 Å². The third-order valence-corrected chi connectivity index (χ3v) is 3.60. The zero-order chi connectivity index (χ0) is 14.0. The van der Waals surface area contributed by atoms with E-state index in [9.17, 15) is 9.90 Å². The highest BCUT2D eigenvalue weighted by Crippen LogP contribution is 2.25. The van der Waals surface area contributed by atoms with Crippen molar-refractivity contribution in [1.82, 2.24) is 9.88 Å². The number of carbonyl (C=O) groups excluding carboxylic acids is 1. The zero-order valence-corrected chi connectivity index (χ0v) is 12.7. The van der Waals surface area contributed by atoms with Crippen LogP contribution in [0.5, 0.6) is 0 Å². The molecule has 0 radical (unpaired) electrons. The third-order valence-electron chi connectivity index (χ3n) is 3.17. The van der Waals surface area contributed by atoms with Crippen molar-refractivity contribution in [3.63, 3.8) is 0 Å². The number of nitrogens with zero attached hydrogens (tertiary/aromatic N) is 2. The van der Waals surface area contributed by atoms with Gasteiger partial charge in [0, 0.05) is 30.3 Å². The van der Waals surface area contributed by atoms with Crippen LogP contribution in [-0.2, 0) is 0 Å². The maximum absolute atomic E-state index is 12.5. The van der Waals surface area contributed by atoms with E-state index in [1.807, 2.05) is 6.92 Å². The number of carbonyl (C=O) groups is 1. The number of likely N-dealkylation sites (tertiary alicyclic amines) is 1. The van der Waals surface area contributed by atoms with Crippen LogP contribution in [0.4, 0.5) is 5.82 Å². The van der Waals surface area contributed by atoms with E-state index in [2.05, 4.69) is 26.2 Å². The van der Waals surface area contributed by atoms with Crippen molar-refractivity contribution < 1.29 is 9.90 Å². The second kappa shape index (κ2) is 5.46. The number of halogens is 1. The van der Waals surface area contributed by atoms with Gasteiger partial charge in [-0.25, -0.2) is 4.98 Å². The number of aliphatic hydroxyl groups is 1. The number of rotatable bonds is 3. The van der Waals surface area contributed by atoms with Crippen molar-refractivity contribution in [2.24, 2.45) is 0 Å². The summed E-state index contributed by atoms with van der Waals surface area (Å²) in [7, 11) is 0. The summed E-state index contributed by atoms with van der Waals surface area (Å²) in [5.74, 6) is 0.491. The van der Waals surface area contributed by atoms with Crippen molar-refractivity contribution in [2.75, 3.05) is 25.0 Å². The van der Waals surface area contributed by atoms with E-state index in [0.29, 0.717) is 37.4 Å². The Labute approximate surface area is 121 Å². The second-order valence-corrected chi connectivity index (χ2v) is 5.97. The molecule has 1 fully saturated rings. The lowest BCUT2D eigenvalue weighted by Gasteiger charge is -2.20. The minimum absolute atomic E-state index is 0.0949. The number of amides is 1. The van der Waals surface area contributed by atoms with Crippen LogP contribution >= 0.6 is 15.9 Å². The Morgan fingerprint density at radius 2 is 2.42 bits per heavy atom. The molecule has 104 valence electrons. The van der Waals surface area contributed by atoms with Gasteiger partial charge in [-0.15, -0.1) is 0 Å². The fourth-order valence-electron chi connectivity index (χ4n) is 2.20. The van der Waals surface area contributed by atoms with Gasteiger partial charge in [-0.2, -0.15) is 0 Å². The first-order valence-corrected chi connectivity index (χ1v) is 7.13. The molecule has 0 spiro atoms. The number of hydrogen-bond donors (Lipinski definition) is 2. The van der Waals surface area contributed by atoms with Gasteiger partial charge in [0.05, 0.1) is 11.2 Å². The molecule has 1 aromatic rings. The molecular formula is C13H18BrN3O2. The molecule has 1 atom stereocenters. The van der Waals surface area contributed by atoms with E-state index in [1.165, 1.54) is 0 Å². The van der Waals surface area contributed by atoms with Crippen molar-refractivity contribution in [3.05, 3.63) is 22.3 Å². The highest BCUT2D eigenvalue weighted by molar-refractivity contribution is 9.10. The maximum atomic E-state index is 12.5. The van der Waals surface area contributed by atoms with Gasteiger partial charge in [-0.3, -0.25) is 4.79 Å². The molecule has 1 saturated heterocycles. The van der Waals surface area contributed by atoms with E-state index in [1.54, 1.807) is 24.1 Å². The van der Waals surface area contributed by atoms with Crippen LogP contribution in [0.1, 0.15) is 30.6 Å². The SMILES string of the molecule is CCNc1ncc(Br)cc1C(=O)N1CCC(C)(O)C1. The summed E-state index contributed by atoms with van der Waals surface area (Å²) >= 11 is 3.34. The van der Waals surface area contributed by atoms with E-state index < -0.39 is 5.60 Å². The van der Waals surface area contributed by atoms with Gasteiger partial charge in [0.15, 0.2) is 0 Å². The lowest BCUT2D eigenvalue weighted by atomic mass is 10.1. The van der Waals surface area contributed by atoms with Crippen LogP contribution < -0.4 is 5.32 Å². The Bertz CT molecular complexity index is 491. The minimum atomic E-state index is -0.784. The van der Waals surface area contributed by atoms with Gasteiger partial charge in [0.25, 0.3) is 5.91 Å². The summed E-state index contributed by atoms with van der Waals surface area (Å²) < 4.78 is 0.767. The summed E-state index contributed by atoms with van der Waals surface area (Å²) in [4.78, 5) is 18.4. The van der Waals surface area contributed by atoms with Gasteiger partial charge in [-0.05, 0) is 42.3 Å². The summed E-state index contributed by atoms with van der Waals surface area (Å²) in [5.41, 5.74) is -0.248. The van der Waals surface area contributed by atoms with Gasteiger partial charge < -0.3 is 15.3 Å². The third kappa shape index (κ3) is 3.25. The second-order valence-electron chi connectivity index (χ2n) is 5.05. The van der Waals surface area contributed by atoms with Gasteiger partial charge in [0.2, 0.25) is 0 Å². The molecule has 0 bridgehead atoms. The van der Waals surface area contributed by atoms with Gasteiger partial charge >= 0.3 is 0 Å². The Balaban J connectivity index is 2.25. The van der Waals surface area contributed by atoms with E-state index >= 15 is 0 Å².